The zero-order valence-corrected chi connectivity index (χ0v) is 19.1. The van der Waals surface area contributed by atoms with Crippen LogP contribution in [0.4, 0.5) is 0 Å². The number of aryl methyl sites for hydroxylation is 2. The van der Waals surface area contributed by atoms with Crippen molar-refractivity contribution in [2.24, 2.45) is 0 Å². The summed E-state index contributed by atoms with van der Waals surface area (Å²) in [7, 11) is 0. The standard InChI is InChI=1S/C25H25N.C4H8/c1-5-10-20(6-2)22-16-24(21-11-8-7-9-12-21)26-25(17-22)23-14-18(3)13-19(4)15-23;1-3-4-2/h5-17H,1-4H3;3-4H,1-2H3/b10-5-,20-6+;4-3-. The third kappa shape index (κ3) is 6.42. The zero-order chi connectivity index (χ0) is 21.9. The molecule has 1 aromatic heterocycles. The molecule has 0 bridgehead atoms. The Hall–Kier alpha value is -3.19. The minimum absolute atomic E-state index is 1.00. The lowest BCUT2D eigenvalue weighted by atomic mass is 9.98. The Bertz CT molecular complexity index is 1010. The molecule has 0 aliphatic carbocycles. The Morgan fingerprint density at radius 2 is 1.23 bits per heavy atom. The molecule has 3 aromatic rings. The van der Waals surface area contributed by atoms with Gasteiger partial charge in [0, 0.05) is 11.1 Å². The van der Waals surface area contributed by atoms with Gasteiger partial charge in [0.2, 0.25) is 0 Å². The smallest absolute Gasteiger partial charge is 0.0715 e. The highest BCUT2D eigenvalue weighted by Gasteiger charge is 2.09. The van der Waals surface area contributed by atoms with E-state index in [-0.39, 0.29) is 0 Å². The van der Waals surface area contributed by atoms with Crippen LogP contribution in [0.2, 0.25) is 0 Å². The second kappa shape index (κ2) is 11.7. The third-order valence-electron chi connectivity index (χ3n) is 4.74. The van der Waals surface area contributed by atoms with Crippen LogP contribution in [0.15, 0.2) is 91.0 Å². The molecule has 0 aliphatic rings. The van der Waals surface area contributed by atoms with Gasteiger partial charge in [-0.05, 0) is 76.9 Å². The van der Waals surface area contributed by atoms with Crippen LogP contribution in [0, 0.1) is 13.8 Å². The van der Waals surface area contributed by atoms with E-state index < -0.39 is 0 Å². The van der Waals surface area contributed by atoms with E-state index in [1.165, 1.54) is 22.3 Å². The van der Waals surface area contributed by atoms with Gasteiger partial charge in [0.1, 0.15) is 0 Å². The molecule has 1 heteroatoms. The van der Waals surface area contributed by atoms with Gasteiger partial charge in [-0.15, -0.1) is 0 Å². The Morgan fingerprint density at radius 1 is 0.667 bits per heavy atom. The molecular weight excluding hydrogens is 362 g/mol. The second-order valence-electron chi connectivity index (χ2n) is 7.28. The lowest BCUT2D eigenvalue weighted by Crippen LogP contribution is -1.93. The molecule has 0 N–H and O–H groups in total. The average Bonchev–Trinajstić information content (AvgIpc) is 2.77. The van der Waals surface area contributed by atoms with Crippen LogP contribution in [-0.2, 0) is 0 Å². The molecule has 0 radical (unpaired) electrons. The number of benzene rings is 2. The van der Waals surface area contributed by atoms with E-state index >= 15 is 0 Å². The molecule has 0 aliphatic heterocycles. The number of aromatic nitrogens is 1. The van der Waals surface area contributed by atoms with Gasteiger partial charge in [0.15, 0.2) is 0 Å². The van der Waals surface area contributed by atoms with Crippen LogP contribution in [0.25, 0.3) is 28.1 Å². The molecule has 0 saturated heterocycles. The van der Waals surface area contributed by atoms with Gasteiger partial charge in [0.25, 0.3) is 0 Å². The summed E-state index contributed by atoms with van der Waals surface area (Å²) in [5, 5.41) is 0. The highest BCUT2D eigenvalue weighted by Crippen LogP contribution is 2.29. The second-order valence-corrected chi connectivity index (χ2v) is 7.28. The number of hydrogen-bond acceptors (Lipinski definition) is 1. The van der Waals surface area contributed by atoms with Crippen molar-refractivity contribution in [2.45, 2.75) is 41.5 Å². The van der Waals surface area contributed by atoms with Gasteiger partial charge in [-0.3, -0.25) is 0 Å². The van der Waals surface area contributed by atoms with E-state index in [4.69, 9.17) is 4.98 Å². The maximum atomic E-state index is 4.98. The first-order chi connectivity index (χ1) is 14.5. The van der Waals surface area contributed by atoms with E-state index in [1.54, 1.807) is 0 Å². The molecule has 30 heavy (non-hydrogen) atoms. The fourth-order valence-electron chi connectivity index (χ4n) is 3.26. The molecule has 3 rings (SSSR count). The van der Waals surface area contributed by atoms with Crippen LogP contribution in [-0.4, -0.2) is 4.98 Å². The largest absolute Gasteiger partial charge is 0.248 e. The van der Waals surface area contributed by atoms with Crippen molar-refractivity contribution in [3.8, 4) is 22.5 Å². The fraction of sp³-hybridized carbons (Fsp3) is 0.207. The first-order valence-electron chi connectivity index (χ1n) is 10.5. The fourth-order valence-corrected chi connectivity index (χ4v) is 3.26. The van der Waals surface area contributed by atoms with Crippen LogP contribution in [0.5, 0.6) is 0 Å². The number of pyridine rings is 1. The quantitative estimate of drug-likeness (QED) is 0.318. The Morgan fingerprint density at radius 3 is 1.73 bits per heavy atom. The third-order valence-corrected chi connectivity index (χ3v) is 4.74. The van der Waals surface area contributed by atoms with Crippen LogP contribution in [0.1, 0.15) is 44.4 Å². The highest BCUT2D eigenvalue weighted by atomic mass is 14.7. The molecular formula is C29H33N. The van der Waals surface area contributed by atoms with Crippen molar-refractivity contribution in [1.29, 1.82) is 0 Å². The molecule has 2 aromatic carbocycles. The van der Waals surface area contributed by atoms with Gasteiger partial charge in [-0.1, -0.05) is 77.9 Å². The lowest BCUT2D eigenvalue weighted by molar-refractivity contribution is 1.29. The summed E-state index contributed by atoms with van der Waals surface area (Å²) in [6.07, 6.45) is 10.4. The molecule has 0 unspecified atom stereocenters. The van der Waals surface area contributed by atoms with Crippen molar-refractivity contribution in [3.63, 3.8) is 0 Å². The number of hydrogen-bond donors (Lipinski definition) is 0. The number of nitrogens with zero attached hydrogens (tertiary/aromatic N) is 1. The van der Waals surface area contributed by atoms with E-state index in [0.29, 0.717) is 0 Å². The van der Waals surface area contributed by atoms with Gasteiger partial charge in [-0.25, -0.2) is 4.98 Å². The normalized spacial score (nSPS) is 11.6. The minimum atomic E-state index is 1.00. The monoisotopic (exact) mass is 395 g/mol. The predicted molar refractivity (Wildman–Crippen MR) is 134 cm³/mol. The maximum Gasteiger partial charge on any atom is 0.0715 e. The summed E-state index contributed by atoms with van der Waals surface area (Å²) >= 11 is 0. The molecule has 0 saturated carbocycles. The van der Waals surface area contributed by atoms with Crippen LogP contribution < -0.4 is 0 Å². The van der Waals surface area contributed by atoms with Crippen LogP contribution in [0.3, 0.4) is 0 Å². The summed E-state index contributed by atoms with van der Waals surface area (Å²) in [5.74, 6) is 0. The van der Waals surface area contributed by atoms with E-state index in [2.05, 4.69) is 93.6 Å². The van der Waals surface area contributed by atoms with Crippen molar-refractivity contribution >= 4 is 5.57 Å². The average molecular weight is 396 g/mol. The van der Waals surface area contributed by atoms with Gasteiger partial charge < -0.3 is 0 Å². The number of rotatable bonds is 4. The Kier molecular flexibility index (Phi) is 9.03. The van der Waals surface area contributed by atoms with Crippen molar-refractivity contribution < 1.29 is 0 Å². The Labute approximate surface area is 182 Å². The lowest BCUT2D eigenvalue weighted by Gasteiger charge is -2.12. The molecule has 0 fully saturated rings. The molecule has 1 heterocycles. The summed E-state index contributed by atoms with van der Waals surface area (Å²) in [5.41, 5.74) is 9.22. The van der Waals surface area contributed by atoms with Crippen LogP contribution >= 0.6 is 0 Å². The number of allylic oxidation sites excluding steroid dienone is 6. The van der Waals surface area contributed by atoms with Gasteiger partial charge in [0.05, 0.1) is 11.4 Å². The molecule has 0 amide bonds. The van der Waals surface area contributed by atoms with Crippen molar-refractivity contribution in [1.82, 2.24) is 4.98 Å². The molecule has 0 spiro atoms. The topological polar surface area (TPSA) is 12.9 Å². The molecule has 154 valence electrons. The first kappa shape index (κ1) is 23.1. The Balaban J connectivity index is 0.000000735. The first-order valence-corrected chi connectivity index (χ1v) is 10.5. The summed E-state index contributed by atoms with van der Waals surface area (Å²) in [4.78, 5) is 4.98. The van der Waals surface area contributed by atoms with E-state index in [9.17, 15) is 0 Å². The highest BCUT2D eigenvalue weighted by molar-refractivity contribution is 5.80. The molecule has 0 atom stereocenters. The predicted octanol–water partition coefficient (Wildman–Crippen LogP) is 8.59. The maximum absolute atomic E-state index is 4.98. The van der Waals surface area contributed by atoms with E-state index in [1.807, 2.05) is 39.0 Å². The zero-order valence-electron chi connectivity index (χ0n) is 19.1. The summed E-state index contributed by atoms with van der Waals surface area (Å²) in [6.45, 7) is 12.4. The van der Waals surface area contributed by atoms with E-state index in [0.717, 1.165) is 22.5 Å². The SMILES string of the molecule is C/C=C\C.C/C=C\C(=C/C)c1cc(-c2ccccc2)nc(-c2cc(C)cc(C)c2)c1. The molecule has 1 nitrogen and oxygen atoms in total. The van der Waals surface area contributed by atoms with Crippen molar-refractivity contribution in [2.75, 3.05) is 0 Å². The minimum Gasteiger partial charge on any atom is -0.248 e. The van der Waals surface area contributed by atoms with Gasteiger partial charge in [-0.2, -0.15) is 0 Å². The van der Waals surface area contributed by atoms with Gasteiger partial charge >= 0.3 is 0 Å². The van der Waals surface area contributed by atoms with Crippen molar-refractivity contribution in [3.05, 3.63) is 108 Å². The summed E-state index contributed by atoms with van der Waals surface area (Å²) in [6, 6.07) is 21.4. The summed E-state index contributed by atoms with van der Waals surface area (Å²) < 4.78 is 0.